The third-order valence-corrected chi connectivity index (χ3v) is 3.18. The summed E-state index contributed by atoms with van der Waals surface area (Å²) in [6, 6.07) is 2.00. The molecule has 90 valence electrons. The van der Waals surface area contributed by atoms with Gasteiger partial charge in [-0.3, -0.25) is 4.98 Å². The molecule has 0 bridgehead atoms. The van der Waals surface area contributed by atoms with Gasteiger partial charge in [0.15, 0.2) is 0 Å². The molecule has 3 nitrogen and oxygen atoms in total. The Balaban J connectivity index is 3.06. The standard InChI is InChI=1S/C13H22N2O/c1-5-13(14,10(3)4)11-7-12(16-6-2)9-15-8-11/h7-10H,5-6,14H2,1-4H3. The summed E-state index contributed by atoms with van der Waals surface area (Å²) in [6.45, 7) is 8.99. The summed E-state index contributed by atoms with van der Waals surface area (Å²) in [5, 5.41) is 0. The lowest BCUT2D eigenvalue weighted by Crippen LogP contribution is -2.41. The van der Waals surface area contributed by atoms with Crippen molar-refractivity contribution in [3.05, 3.63) is 24.0 Å². The molecule has 0 aliphatic rings. The Labute approximate surface area is 98.0 Å². The van der Waals surface area contributed by atoms with Crippen LogP contribution in [0.5, 0.6) is 5.75 Å². The van der Waals surface area contributed by atoms with Crippen molar-refractivity contribution in [2.45, 2.75) is 39.7 Å². The Hall–Kier alpha value is -1.09. The molecule has 1 rings (SSSR count). The second-order valence-electron chi connectivity index (χ2n) is 4.39. The number of hydrogen-bond acceptors (Lipinski definition) is 3. The van der Waals surface area contributed by atoms with E-state index in [0.29, 0.717) is 12.5 Å². The molecule has 0 aliphatic carbocycles. The van der Waals surface area contributed by atoms with E-state index in [1.165, 1.54) is 0 Å². The quantitative estimate of drug-likeness (QED) is 0.833. The topological polar surface area (TPSA) is 48.1 Å². The van der Waals surface area contributed by atoms with Crippen LogP contribution in [-0.4, -0.2) is 11.6 Å². The first kappa shape index (κ1) is 13.0. The van der Waals surface area contributed by atoms with Gasteiger partial charge >= 0.3 is 0 Å². The smallest absolute Gasteiger partial charge is 0.137 e. The molecule has 1 unspecified atom stereocenters. The fourth-order valence-corrected chi connectivity index (χ4v) is 1.86. The van der Waals surface area contributed by atoms with Crippen LogP contribution < -0.4 is 10.5 Å². The summed E-state index contributed by atoms with van der Waals surface area (Å²) >= 11 is 0. The van der Waals surface area contributed by atoms with Gasteiger partial charge in [-0.15, -0.1) is 0 Å². The molecule has 1 heterocycles. The molecular weight excluding hydrogens is 200 g/mol. The van der Waals surface area contributed by atoms with E-state index in [-0.39, 0.29) is 5.54 Å². The fraction of sp³-hybridized carbons (Fsp3) is 0.615. The minimum Gasteiger partial charge on any atom is -0.492 e. The van der Waals surface area contributed by atoms with Crippen LogP contribution in [0.2, 0.25) is 0 Å². The Morgan fingerprint density at radius 1 is 1.38 bits per heavy atom. The van der Waals surface area contributed by atoms with Crippen LogP contribution in [0.1, 0.15) is 39.7 Å². The van der Waals surface area contributed by atoms with Gasteiger partial charge < -0.3 is 10.5 Å². The number of nitrogens with zero attached hydrogens (tertiary/aromatic N) is 1. The maximum Gasteiger partial charge on any atom is 0.137 e. The summed E-state index contributed by atoms with van der Waals surface area (Å²) in [6.07, 6.45) is 4.46. The van der Waals surface area contributed by atoms with Crippen LogP contribution in [0.3, 0.4) is 0 Å². The van der Waals surface area contributed by atoms with E-state index in [1.807, 2.05) is 19.2 Å². The Morgan fingerprint density at radius 3 is 2.56 bits per heavy atom. The zero-order valence-corrected chi connectivity index (χ0v) is 10.7. The number of nitrogens with two attached hydrogens (primary N) is 1. The number of pyridine rings is 1. The lowest BCUT2D eigenvalue weighted by atomic mass is 9.79. The third-order valence-electron chi connectivity index (χ3n) is 3.18. The van der Waals surface area contributed by atoms with Crippen LogP contribution in [0, 0.1) is 5.92 Å². The highest BCUT2D eigenvalue weighted by Gasteiger charge is 2.29. The van der Waals surface area contributed by atoms with Gasteiger partial charge in [0.25, 0.3) is 0 Å². The Bertz CT molecular complexity index is 338. The molecule has 1 atom stereocenters. The van der Waals surface area contributed by atoms with E-state index in [2.05, 4.69) is 25.8 Å². The van der Waals surface area contributed by atoms with Crippen molar-refractivity contribution < 1.29 is 4.74 Å². The van der Waals surface area contributed by atoms with E-state index >= 15 is 0 Å². The minimum absolute atomic E-state index is 0.319. The summed E-state index contributed by atoms with van der Waals surface area (Å²) in [4.78, 5) is 4.19. The minimum atomic E-state index is -0.319. The number of ether oxygens (including phenoxy) is 1. The van der Waals surface area contributed by atoms with E-state index in [0.717, 1.165) is 17.7 Å². The summed E-state index contributed by atoms with van der Waals surface area (Å²) in [5.74, 6) is 1.17. The second kappa shape index (κ2) is 5.30. The van der Waals surface area contributed by atoms with Crippen molar-refractivity contribution in [2.75, 3.05) is 6.61 Å². The number of aromatic nitrogens is 1. The summed E-state index contributed by atoms with van der Waals surface area (Å²) < 4.78 is 5.45. The van der Waals surface area contributed by atoms with E-state index < -0.39 is 0 Å². The van der Waals surface area contributed by atoms with Crippen LogP contribution >= 0.6 is 0 Å². The van der Waals surface area contributed by atoms with E-state index in [9.17, 15) is 0 Å². The number of rotatable bonds is 5. The molecule has 16 heavy (non-hydrogen) atoms. The Kier molecular flexibility index (Phi) is 4.30. The normalized spacial score (nSPS) is 14.9. The SMILES string of the molecule is CCOc1cncc(C(N)(CC)C(C)C)c1. The third kappa shape index (κ3) is 2.53. The van der Waals surface area contributed by atoms with Gasteiger partial charge in [0.1, 0.15) is 5.75 Å². The van der Waals surface area contributed by atoms with Gasteiger partial charge in [0.2, 0.25) is 0 Å². The maximum atomic E-state index is 6.43. The molecule has 1 aromatic heterocycles. The zero-order chi connectivity index (χ0) is 12.2. The van der Waals surface area contributed by atoms with Crippen molar-refractivity contribution in [1.82, 2.24) is 4.98 Å². The lowest BCUT2D eigenvalue weighted by Gasteiger charge is -2.33. The summed E-state index contributed by atoms with van der Waals surface area (Å²) in [7, 11) is 0. The molecule has 0 aromatic carbocycles. The predicted octanol–water partition coefficient (Wildman–Crippen LogP) is 2.70. The highest BCUT2D eigenvalue weighted by molar-refractivity contribution is 5.29. The predicted molar refractivity (Wildman–Crippen MR) is 66.4 cm³/mol. The van der Waals surface area contributed by atoms with Crippen molar-refractivity contribution >= 4 is 0 Å². The largest absolute Gasteiger partial charge is 0.492 e. The average molecular weight is 222 g/mol. The molecule has 0 saturated carbocycles. The average Bonchev–Trinajstić information content (AvgIpc) is 2.28. The van der Waals surface area contributed by atoms with Gasteiger partial charge in [-0.2, -0.15) is 0 Å². The van der Waals surface area contributed by atoms with Crippen LogP contribution in [0.25, 0.3) is 0 Å². The van der Waals surface area contributed by atoms with E-state index in [1.54, 1.807) is 6.20 Å². The van der Waals surface area contributed by atoms with Crippen LogP contribution in [0.4, 0.5) is 0 Å². The highest BCUT2D eigenvalue weighted by atomic mass is 16.5. The first-order chi connectivity index (χ1) is 7.54. The van der Waals surface area contributed by atoms with E-state index in [4.69, 9.17) is 10.5 Å². The number of hydrogen-bond donors (Lipinski definition) is 1. The monoisotopic (exact) mass is 222 g/mol. The van der Waals surface area contributed by atoms with Gasteiger partial charge in [0, 0.05) is 11.7 Å². The second-order valence-corrected chi connectivity index (χ2v) is 4.39. The first-order valence-electron chi connectivity index (χ1n) is 5.91. The molecule has 0 spiro atoms. The molecule has 0 fully saturated rings. The Morgan fingerprint density at radius 2 is 2.06 bits per heavy atom. The molecule has 2 N–H and O–H groups in total. The van der Waals surface area contributed by atoms with Crippen LogP contribution in [0.15, 0.2) is 18.5 Å². The molecule has 3 heteroatoms. The zero-order valence-electron chi connectivity index (χ0n) is 10.7. The molecule has 1 aromatic rings. The first-order valence-corrected chi connectivity index (χ1v) is 5.91. The lowest BCUT2D eigenvalue weighted by molar-refractivity contribution is 0.299. The van der Waals surface area contributed by atoms with Gasteiger partial charge in [-0.1, -0.05) is 20.8 Å². The molecule has 0 radical (unpaired) electrons. The molecule has 0 saturated heterocycles. The van der Waals surface area contributed by atoms with Crippen molar-refractivity contribution in [3.8, 4) is 5.75 Å². The maximum absolute atomic E-state index is 6.43. The molecule has 0 aliphatic heterocycles. The van der Waals surface area contributed by atoms with Crippen molar-refractivity contribution in [1.29, 1.82) is 0 Å². The fourth-order valence-electron chi connectivity index (χ4n) is 1.86. The molecular formula is C13H22N2O. The van der Waals surface area contributed by atoms with Gasteiger partial charge in [-0.05, 0) is 30.9 Å². The van der Waals surface area contributed by atoms with Gasteiger partial charge in [0.05, 0.1) is 12.8 Å². The molecule has 0 amide bonds. The van der Waals surface area contributed by atoms with Crippen LogP contribution in [-0.2, 0) is 5.54 Å². The van der Waals surface area contributed by atoms with Gasteiger partial charge in [-0.25, -0.2) is 0 Å². The van der Waals surface area contributed by atoms with Crippen molar-refractivity contribution in [3.63, 3.8) is 0 Å². The summed E-state index contributed by atoms with van der Waals surface area (Å²) in [5.41, 5.74) is 7.16. The van der Waals surface area contributed by atoms with Crippen molar-refractivity contribution in [2.24, 2.45) is 11.7 Å². The highest BCUT2D eigenvalue weighted by Crippen LogP contribution is 2.31.